The summed E-state index contributed by atoms with van der Waals surface area (Å²) in [6.45, 7) is 3.79. The van der Waals surface area contributed by atoms with Crippen LogP contribution in [-0.4, -0.2) is 37.0 Å². The molecule has 1 amide bonds. The van der Waals surface area contributed by atoms with E-state index in [1.54, 1.807) is 4.90 Å². The Morgan fingerprint density at radius 3 is 2.91 bits per heavy atom. The highest BCUT2D eigenvalue weighted by molar-refractivity contribution is 5.81. The van der Waals surface area contributed by atoms with Gasteiger partial charge in [0.05, 0.1) is 6.04 Å². The topological polar surface area (TPSA) is 32.3 Å². The fourth-order valence-electron chi connectivity index (χ4n) is 1.32. The van der Waals surface area contributed by atoms with Crippen LogP contribution in [0.4, 0.5) is 0 Å². The summed E-state index contributed by atoms with van der Waals surface area (Å²) in [6.07, 6.45) is 2.14. The van der Waals surface area contributed by atoms with Crippen molar-refractivity contribution in [1.82, 2.24) is 10.2 Å². The first-order chi connectivity index (χ1) is 5.25. The summed E-state index contributed by atoms with van der Waals surface area (Å²) in [4.78, 5) is 13.2. The standard InChI is InChI=1S/C8H16N2O/c1-3-10(2)8(11)7-5-4-6-9-7/h7,9H,3-6H2,1-2H3. The molecule has 0 aromatic carbocycles. The van der Waals surface area contributed by atoms with Gasteiger partial charge in [0.1, 0.15) is 0 Å². The summed E-state index contributed by atoms with van der Waals surface area (Å²) in [7, 11) is 1.85. The number of hydrogen-bond acceptors (Lipinski definition) is 2. The Morgan fingerprint density at radius 1 is 1.73 bits per heavy atom. The Bertz CT molecular complexity index is 141. The van der Waals surface area contributed by atoms with Crippen LogP contribution in [0.15, 0.2) is 0 Å². The van der Waals surface area contributed by atoms with Crippen molar-refractivity contribution in [2.24, 2.45) is 0 Å². The van der Waals surface area contributed by atoms with E-state index in [0.29, 0.717) is 0 Å². The molecule has 1 unspecified atom stereocenters. The molecule has 1 N–H and O–H groups in total. The lowest BCUT2D eigenvalue weighted by molar-refractivity contribution is -0.131. The quantitative estimate of drug-likeness (QED) is 0.620. The minimum absolute atomic E-state index is 0.0972. The van der Waals surface area contributed by atoms with Gasteiger partial charge < -0.3 is 10.2 Å². The first kappa shape index (κ1) is 8.53. The number of rotatable bonds is 2. The number of amides is 1. The molecule has 0 aromatic rings. The molecule has 1 heterocycles. The van der Waals surface area contributed by atoms with E-state index in [0.717, 1.165) is 25.9 Å². The lowest BCUT2D eigenvalue weighted by atomic mass is 10.2. The average molecular weight is 156 g/mol. The Morgan fingerprint density at radius 2 is 2.45 bits per heavy atom. The smallest absolute Gasteiger partial charge is 0.239 e. The van der Waals surface area contributed by atoms with Gasteiger partial charge in [0.25, 0.3) is 0 Å². The zero-order valence-corrected chi connectivity index (χ0v) is 7.26. The molecule has 64 valence electrons. The second-order valence-corrected chi connectivity index (χ2v) is 3.00. The van der Waals surface area contributed by atoms with Crippen molar-refractivity contribution in [3.8, 4) is 0 Å². The molecule has 0 saturated carbocycles. The van der Waals surface area contributed by atoms with Crippen molar-refractivity contribution < 1.29 is 4.79 Å². The van der Waals surface area contributed by atoms with Gasteiger partial charge in [-0.1, -0.05) is 0 Å². The maximum Gasteiger partial charge on any atom is 0.239 e. The molecule has 0 aliphatic carbocycles. The van der Waals surface area contributed by atoms with Crippen LogP contribution < -0.4 is 5.32 Å². The molecular weight excluding hydrogens is 140 g/mol. The second-order valence-electron chi connectivity index (χ2n) is 3.00. The van der Waals surface area contributed by atoms with E-state index in [-0.39, 0.29) is 11.9 Å². The van der Waals surface area contributed by atoms with Crippen molar-refractivity contribution in [1.29, 1.82) is 0 Å². The van der Waals surface area contributed by atoms with Gasteiger partial charge in [0.15, 0.2) is 0 Å². The van der Waals surface area contributed by atoms with Crippen LogP contribution >= 0.6 is 0 Å². The molecule has 0 bridgehead atoms. The maximum atomic E-state index is 11.4. The van der Waals surface area contributed by atoms with Crippen LogP contribution in [-0.2, 0) is 4.79 Å². The molecule has 1 aliphatic rings. The van der Waals surface area contributed by atoms with Gasteiger partial charge >= 0.3 is 0 Å². The Balaban J connectivity index is 2.39. The SMILES string of the molecule is CCN(C)C(=O)C1CCCN1. The molecule has 1 rings (SSSR count). The molecule has 1 saturated heterocycles. The largest absolute Gasteiger partial charge is 0.345 e. The average Bonchev–Trinajstić information content (AvgIpc) is 2.53. The normalized spacial score (nSPS) is 23.6. The van der Waals surface area contributed by atoms with E-state index in [2.05, 4.69) is 5.32 Å². The van der Waals surface area contributed by atoms with Crippen molar-refractivity contribution in [3.05, 3.63) is 0 Å². The molecule has 1 aliphatic heterocycles. The van der Waals surface area contributed by atoms with E-state index in [1.165, 1.54) is 0 Å². The van der Waals surface area contributed by atoms with Gasteiger partial charge in [-0.15, -0.1) is 0 Å². The van der Waals surface area contributed by atoms with E-state index in [4.69, 9.17) is 0 Å². The number of nitrogens with one attached hydrogen (secondary N) is 1. The Hall–Kier alpha value is -0.570. The second kappa shape index (κ2) is 3.72. The molecule has 1 fully saturated rings. The summed E-state index contributed by atoms with van der Waals surface area (Å²) in [5.41, 5.74) is 0. The van der Waals surface area contributed by atoms with Crippen LogP contribution in [0.25, 0.3) is 0 Å². The van der Waals surface area contributed by atoms with Gasteiger partial charge in [-0.05, 0) is 26.3 Å². The summed E-state index contributed by atoms with van der Waals surface area (Å²) in [5, 5.41) is 3.18. The minimum Gasteiger partial charge on any atom is -0.345 e. The Labute approximate surface area is 67.8 Å². The first-order valence-corrected chi connectivity index (χ1v) is 4.24. The third-order valence-electron chi connectivity index (χ3n) is 2.21. The zero-order valence-electron chi connectivity index (χ0n) is 7.26. The predicted octanol–water partition coefficient (Wildman–Crippen LogP) is 0.217. The van der Waals surface area contributed by atoms with E-state index < -0.39 is 0 Å². The molecular formula is C8H16N2O. The van der Waals surface area contributed by atoms with Crippen molar-refractivity contribution in [2.45, 2.75) is 25.8 Å². The van der Waals surface area contributed by atoms with Crippen molar-refractivity contribution >= 4 is 5.91 Å². The minimum atomic E-state index is 0.0972. The lowest BCUT2D eigenvalue weighted by Crippen LogP contribution is -2.41. The van der Waals surface area contributed by atoms with Gasteiger partial charge in [0, 0.05) is 13.6 Å². The molecule has 3 nitrogen and oxygen atoms in total. The van der Waals surface area contributed by atoms with E-state index in [9.17, 15) is 4.79 Å². The summed E-state index contributed by atoms with van der Waals surface area (Å²) in [5.74, 6) is 0.241. The third kappa shape index (κ3) is 1.93. The van der Waals surface area contributed by atoms with Crippen molar-refractivity contribution in [2.75, 3.05) is 20.1 Å². The highest BCUT2D eigenvalue weighted by Gasteiger charge is 2.23. The Kier molecular flexibility index (Phi) is 2.88. The van der Waals surface area contributed by atoms with Gasteiger partial charge in [0.2, 0.25) is 5.91 Å². The number of likely N-dealkylation sites (N-methyl/N-ethyl adjacent to an activating group) is 1. The van der Waals surface area contributed by atoms with Crippen LogP contribution in [0.3, 0.4) is 0 Å². The molecule has 0 aromatic heterocycles. The van der Waals surface area contributed by atoms with Gasteiger partial charge in [-0.25, -0.2) is 0 Å². The summed E-state index contributed by atoms with van der Waals surface area (Å²) in [6, 6.07) is 0.0972. The third-order valence-corrected chi connectivity index (χ3v) is 2.21. The highest BCUT2D eigenvalue weighted by atomic mass is 16.2. The summed E-state index contributed by atoms with van der Waals surface area (Å²) < 4.78 is 0. The zero-order chi connectivity index (χ0) is 8.27. The van der Waals surface area contributed by atoms with Crippen LogP contribution in [0.2, 0.25) is 0 Å². The van der Waals surface area contributed by atoms with E-state index in [1.807, 2.05) is 14.0 Å². The fraction of sp³-hybridized carbons (Fsp3) is 0.875. The number of carbonyl (C=O) groups excluding carboxylic acids is 1. The van der Waals surface area contributed by atoms with Crippen LogP contribution in [0, 0.1) is 0 Å². The lowest BCUT2D eigenvalue weighted by Gasteiger charge is -2.18. The van der Waals surface area contributed by atoms with Gasteiger partial charge in [-0.2, -0.15) is 0 Å². The van der Waals surface area contributed by atoms with Crippen LogP contribution in [0.5, 0.6) is 0 Å². The first-order valence-electron chi connectivity index (χ1n) is 4.24. The maximum absolute atomic E-state index is 11.4. The fourth-order valence-corrected chi connectivity index (χ4v) is 1.32. The number of carbonyl (C=O) groups is 1. The van der Waals surface area contributed by atoms with Gasteiger partial charge in [-0.3, -0.25) is 4.79 Å². The molecule has 1 atom stereocenters. The predicted molar refractivity (Wildman–Crippen MR) is 44.3 cm³/mol. The number of hydrogen-bond donors (Lipinski definition) is 1. The monoisotopic (exact) mass is 156 g/mol. The van der Waals surface area contributed by atoms with Crippen LogP contribution in [0.1, 0.15) is 19.8 Å². The number of nitrogens with zero attached hydrogens (tertiary/aromatic N) is 1. The molecule has 11 heavy (non-hydrogen) atoms. The molecule has 0 radical (unpaired) electrons. The van der Waals surface area contributed by atoms with E-state index >= 15 is 0 Å². The van der Waals surface area contributed by atoms with Crippen molar-refractivity contribution in [3.63, 3.8) is 0 Å². The molecule has 0 spiro atoms. The molecule has 3 heteroatoms. The summed E-state index contributed by atoms with van der Waals surface area (Å²) >= 11 is 0. The highest BCUT2D eigenvalue weighted by Crippen LogP contribution is 2.06.